The van der Waals surface area contributed by atoms with Crippen molar-refractivity contribution in [3.05, 3.63) is 30.3 Å². The Morgan fingerprint density at radius 2 is 2.00 bits per heavy atom. The lowest BCUT2D eigenvalue weighted by molar-refractivity contribution is 0.554. The van der Waals surface area contributed by atoms with Crippen LogP contribution >= 0.6 is 15.9 Å². The first-order valence-corrected chi connectivity index (χ1v) is 6.30. The molecule has 0 aliphatic carbocycles. The van der Waals surface area contributed by atoms with Crippen molar-refractivity contribution in [3.8, 4) is 0 Å². The summed E-state index contributed by atoms with van der Waals surface area (Å²) in [4.78, 5) is 0. The van der Waals surface area contributed by atoms with Gasteiger partial charge in [0.25, 0.3) is 0 Å². The van der Waals surface area contributed by atoms with Gasteiger partial charge in [-0.15, -0.1) is 0 Å². The van der Waals surface area contributed by atoms with Crippen LogP contribution in [-0.4, -0.2) is 11.9 Å². The molecule has 0 amide bonds. The van der Waals surface area contributed by atoms with E-state index in [2.05, 4.69) is 52.4 Å². The summed E-state index contributed by atoms with van der Waals surface area (Å²) in [6.45, 7) is 3.36. The molecule has 0 saturated heterocycles. The molecule has 2 heteroatoms. The van der Waals surface area contributed by atoms with Crippen LogP contribution in [0.4, 0.5) is 5.69 Å². The predicted octanol–water partition coefficient (Wildman–Crippen LogP) is 3.91. The number of para-hydroxylation sites is 1. The molecule has 0 spiro atoms. The smallest absolute Gasteiger partial charge is 0.0340 e. The van der Waals surface area contributed by atoms with Gasteiger partial charge in [0.1, 0.15) is 0 Å². The maximum atomic E-state index is 3.45. The highest BCUT2D eigenvalue weighted by Crippen LogP contribution is 2.10. The molecule has 1 N–H and O–H groups in total. The lowest BCUT2D eigenvalue weighted by Gasteiger charge is -2.12. The molecule has 0 heterocycles. The summed E-state index contributed by atoms with van der Waals surface area (Å²) in [5.74, 6) is 0.743. The van der Waals surface area contributed by atoms with Crippen LogP contribution in [0.2, 0.25) is 0 Å². The van der Waals surface area contributed by atoms with Crippen LogP contribution in [0.25, 0.3) is 0 Å². The highest BCUT2D eigenvalue weighted by molar-refractivity contribution is 9.09. The van der Waals surface area contributed by atoms with Crippen molar-refractivity contribution < 1.29 is 0 Å². The van der Waals surface area contributed by atoms with E-state index in [1.807, 2.05) is 6.07 Å². The number of rotatable bonds is 6. The Kier molecular flexibility index (Phi) is 5.69. The largest absolute Gasteiger partial charge is 0.385 e. The minimum Gasteiger partial charge on any atom is -0.385 e. The molecular formula is C12H18BrN. The quantitative estimate of drug-likeness (QED) is 0.761. The molecule has 0 aliphatic heterocycles. The SMILES string of the molecule is CC(CCCBr)CNc1ccccc1. The van der Waals surface area contributed by atoms with E-state index in [4.69, 9.17) is 0 Å². The number of nitrogens with one attached hydrogen (secondary N) is 1. The average molecular weight is 256 g/mol. The average Bonchev–Trinajstić information content (AvgIpc) is 2.25. The van der Waals surface area contributed by atoms with Crippen molar-refractivity contribution in [2.45, 2.75) is 19.8 Å². The van der Waals surface area contributed by atoms with E-state index in [0.29, 0.717) is 0 Å². The zero-order valence-electron chi connectivity index (χ0n) is 8.67. The van der Waals surface area contributed by atoms with Crippen LogP contribution in [0.1, 0.15) is 19.8 Å². The zero-order chi connectivity index (χ0) is 10.2. The third-order valence-corrected chi connectivity index (χ3v) is 2.82. The fourth-order valence-corrected chi connectivity index (χ4v) is 1.70. The van der Waals surface area contributed by atoms with Crippen LogP contribution in [0.5, 0.6) is 0 Å². The Labute approximate surface area is 95.0 Å². The molecule has 1 rings (SSSR count). The molecule has 1 aromatic rings. The highest BCUT2D eigenvalue weighted by Gasteiger charge is 2.00. The van der Waals surface area contributed by atoms with Gasteiger partial charge in [0.05, 0.1) is 0 Å². The van der Waals surface area contributed by atoms with Crippen molar-refractivity contribution in [1.82, 2.24) is 0 Å². The van der Waals surface area contributed by atoms with Crippen LogP contribution in [0.15, 0.2) is 30.3 Å². The molecule has 14 heavy (non-hydrogen) atoms. The number of alkyl halides is 1. The van der Waals surface area contributed by atoms with E-state index in [-0.39, 0.29) is 0 Å². The molecule has 78 valence electrons. The minimum atomic E-state index is 0.743. The number of anilines is 1. The summed E-state index contributed by atoms with van der Waals surface area (Å²) >= 11 is 3.45. The Balaban J connectivity index is 2.20. The second kappa shape index (κ2) is 6.88. The second-order valence-electron chi connectivity index (χ2n) is 3.68. The summed E-state index contributed by atoms with van der Waals surface area (Å²) in [7, 11) is 0. The van der Waals surface area contributed by atoms with E-state index in [0.717, 1.165) is 17.8 Å². The van der Waals surface area contributed by atoms with Gasteiger partial charge < -0.3 is 5.32 Å². The van der Waals surface area contributed by atoms with Gasteiger partial charge >= 0.3 is 0 Å². The van der Waals surface area contributed by atoms with Crippen molar-refractivity contribution >= 4 is 21.6 Å². The molecule has 1 atom stereocenters. The van der Waals surface area contributed by atoms with Crippen LogP contribution in [0.3, 0.4) is 0 Å². The van der Waals surface area contributed by atoms with E-state index < -0.39 is 0 Å². The molecule has 0 bridgehead atoms. The van der Waals surface area contributed by atoms with Gasteiger partial charge in [-0.05, 0) is 30.9 Å². The third-order valence-electron chi connectivity index (χ3n) is 2.26. The van der Waals surface area contributed by atoms with E-state index in [1.165, 1.54) is 18.5 Å². The fraction of sp³-hybridized carbons (Fsp3) is 0.500. The molecule has 0 fully saturated rings. The van der Waals surface area contributed by atoms with E-state index in [9.17, 15) is 0 Å². The Hall–Kier alpha value is -0.500. The molecule has 1 aromatic carbocycles. The number of benzene rings is 1. The van der Waals surface area contributed by atoms with Gasteiger partial charge in [0.2, 0.25) is 0 Å². The highest BCUT2D eigenvalue weighted by atomic mass is 79.9. The van der Waals surface area contributed by atoms with Crippen molar-refractivity contribution in [2.24, 2.45) is 5.92 Å². The maximum Gasteiger partial charge on any atom is 0.0340 e. The van der Waals surface area contributed by atoms with E-state index in [1.54, 1.807) is 0 Å². The molecule has 0 aliphatic rings. The summed E-state index contributed by atoms with van der Waals surface area (Å²) in [6.07, 6.45) is 2.54. The first-order chi connectivity index (χ1) is 6.83. The molecule has 1 unspecified atom stereocenters. The van der Waals surface area contributed by atoms with Gasteiger partial charge in [-0.3, -0.25) is 0 Å². The fourth-order valence-electron chi connectivity index (χ4n) is 1.38. The van der Waals surface area contributed by atoms with Gasteiger partial charge in [-0.25, -0.2) is 0 Å². The van der Waals surface area contributed by atoms with Crippen molar-refractivity contribution in [2.75, 3.05) is 17.2 Å². The Bertz CT molecular complexity index is 235. The first kappa shape index (κ1) is 11.6. The normalized spacial score (nSPS) is 12.4. The molecule has 0 radical (unpaired) electrons. The van der Waals surface area contributed by atoms with Crippen LogP contribution < -0.4 is 5.32 Å². The standard InChI is InChI=1S/C12H18BrN/c1-11(6-5-9-13)10-14-12-7-3-2-4-8-12/h2-4,7-8,11,14H,5-6,9-10H2,1H3. The third kappa shape index (κ3) is 4.66. The predicted molar refractivity (Wildman–Crippen MR) is 67.1 cm³/mol. The van der Waals surface area contributed by atoms with Crippen LogP contribution in [0, 0.1) is 5.92 Å². The lowest BCUT2D eigenvalue weighted by Crippen LogP contribution is -2.11. The first-order valence-electron chi connectivity index (χ1n) is 5.18. The summed E-state index contributed by atoms with van der Waals surface area (Å²) in [5.41, 5.74) is 1.22. The minimum absolute atomic E-state index is 0.743. The second-order valence-corrected chi connectivity index (χ2v) is 4.48. The molecular weight excluding hydrogens is 238 g/mol. The van der Waals surface area contributed by atoms with Crippen molar-refractivity contribution in [3.63, 3.8) is 0 Å². The summed E-state index contributed by atoms with van der Waals surface area (Å²) in [6, 6.07) is 10.4. The topological polar surface area (TPSA) is 12.0 Å². The van der Waals surface area contributed by atoms with Crippen molar-refractivity contribution in [1.29, 1.82) is 0 Å². The maximum absolute atomic E-state index is 3.45. The number of hydrogen-bond donors (Lipinski definition) is 1. The number of hydrogen-bond acceptors (Lipinski definition) is 1. The molecule has 0 aromatic heterocycles. The monoisotopic (exact) mass is 255 g/mol. The summed E-state index contributed by atoms with van der Waals surface area (Å²) in [5, 5.41) is 4.55. The molecule has 1 nitrogen and oxygen atoms in total. The molecule has 0 saturated carbocycles. The number of halogens is 1. The Morgan fingerprint density at radius 1 is 1.29 bits per heavy atom. The van der Waals surface area contributed by atoms with E-state index >= 15 is 0 Å². The lowest BCUT2D eigenvalue weighted by atomic mass is 10.1. The van der Waals surface area contributed by atoms with Crippen LogP contribution in [-0.2, 0) is 0 Å². The zero-order valence-corrected chi connectivity index (χ0v) is 10.3. The van der Waals surface area contributed by atoms with Gasteiger partial charge in [0.15, 0.2) is 0 Å². The summed E-state index contributed by atoms with van der Waals surface area (Å²) < 4.78 is 0. The van der Waals surface area contributed by atoms with Gasteiger partial charge in [-0.2, -0.15) is 0 Å². The van der Waals surface area contributed by atoms with Gasteiger partial charge in [0, 0.05) is 17.6 Å². The van der Waals surface area contributed by atoms with Gasteiger partial charge in [-0.1, -0.05) is 41.1 Å². The Morgan fingerprint density at radius 3 is 2.64 bits per heavy atom.